The zero-order valence-corrected chi connectivity index (χ0v) is 15.2. The van der Waals surface area contributed by atoms with E-state index in [-0.39, 0.29) is 23.5 Å². The van der Waals surface area contributed by atoms with Crippen LogP contribution in [-0.2, 0) is 4.79 Å². The van der Waals surface area contributed by atoms with Crippen molar-refractivity contribution in [3.8, 4) is 0 Å². The van der Waals surface area contributed by atoms with Gasteiger partial charge in [0, 0.05) is 19.6 Å². The summed E-state index contributed by atoms with van der Waals surface area (Å²) >= 11 is 0. The molecular weight excluding hydrogens is 302 g/mol. The van der Waals surface area contributed by atoms with Gasteiger partial charge < -0.3 is 10.4 Å². The maximum atomic E-state index is 12.7. The topological polar surface area (TPSA) is 55.8 Å². The number of nitrogens with one attached hydrogen (secondary N) is 1. The summed E-state index contributed by atoms with van der Waals surface area (Å²) < 4.78 is 0. The second-order valence-electron chi connectivity index (χ2n) is 7.49. The average Bonchev–Trinajstić information content (AvgIpc) is 2.52. The van der Waals surface area contributed by atoms with Crippen molar-refractivity contribution in [2.24, 2.45) is 0 Å². The lowest BCUT2D eigenvalue weighted by Gasteiger charge is -2.44. The van der Waals surface area contributed by atoms with Crippen LogP contribution in [0.4, 0.5) is 0 Å². The van der Waals surface area contributed by atoms with Gasteiger partial charge in [0.15, 0.2) is 0 Å². The lowest BCUT2D eigenvalue weighted by Crippen LogP contribution is -2.60. The number of carbonyl (C=O) groups is 1. The normalized spacial score (nSPS) is 23.3. The van der Waals surface area contributed by atoms with Gasteiger partial charge in [-0.15, -0.1) is 0 Å². The van der Waals surface area contributed by atoms with E-state index >= 15 is 0 Å². The molecule has 1 amide bonds. The number of nitrogens with zero attached hydrogens (tertiary/aromatic N) is 2. The first-order chi connectivity index (χ1) is 11.2. The zero-order valence-electron chi connectivity index (χ0n) is 15.2. The van der Waals surface area contributed by atoms with E-state index in [2.05, 4.69) is 5.32 Å². The molecule has 1 heterocycles. The molecule has 0 saturated carbocycles. The molecule has 0 radical (unpaired) electrons. The molecule has 132 valence electrons. The highest BCUT2D eigenvalue weighted by Gasteiger charge is 2.38. The van der Waals surface area contributed by atoms with E-state index in [0.717, 1.165) is 5.56 Å². The fourth-order valence-electron chi connectivity index (χ4n) is 3.07. The molecule has 0 unspecified atom stereocenters. The van der Waals surface area contributed by atoms with Crippen molar-refractivity contribution in [1.29, 1.82) is 0 Å². The fourth-order valence-corrected chi connectivity index (χ4v) is 3.07. The van der Waals surface area contributed by atoms with E-state index in [1.54, 1.807) is 0 Å². The van der Waals surface area contributed by atoms with Crippen molar-refractivity contribution < 1.29 is 9.90 Å². The summed E-state index contributed by atoms with van der Waals surface area (Å²) in [4.78, 5) is 12.7. The Morgan fingerprint density at radius 3 is 2.46 bits per heavy atom. The Bertz CT molecular complexity index is 578. The first-order valence-electron chi connectivity index (χ1n) is 8.38. The summed E-state index contributed by atoms with van der Waals surface area (Å²) in [5, 5.41) is 17.7. The van der Waals surface area contributed by atoms with Gasteiger partial charge in [0.05, 0.1) is 12.1 Å². The fraction of sp³-hybridized carbons (Fsp3) is 0.526. The van der Waals surface area contributed by atoms with Crippen LogP contribution in [0.25, 0.3) is 0 Å². The molecule has 1 aromatic carbocycles. The van der Waals surface area contributed by atoms with E-state index in [9.17, 15) is 9.90 Å². The van der Waals surface area contributed by atoms with Gasteiger partial charge in [-0.25, -0.2) is 10.0 Å². The quantitative estimate of drug-likeness (QED) is 0.830. The zero-order chi connectivity index (χ0) is 17.9. The van der Waals surface area contributed by atoms with Crippen LogP contribution in [0.1, 0.15) is 38.9 Å². The van der Waals surface area contributed by atoms with E-state index in [1.807, 2.05) is 87.4 Å². The lowest BCUT2D eigenvalue weighted by atomic mass is 9.95. The maximum absolute atomic E-state index is 12.7. The average molecular weight is 331 g/mol. The summed E-state index contributed by atoms with van der Waals surface area (Å²) in [6, 6.07) is 8.94. The van der Waals surface area contributed by atoms with Gasteiger partial charge in [-0.05, 0) is 32.8 Å². The van der Waals surface area contributed by atoms with Gasteiger partial charge in [0.2, 0.25) is 5.91 Å². The Balaban J connectivity index is 2.27. The summed E-state index contributed by atoms with van der Waals surface area (Å²) in [7, 11) is 3.81. The highest BCUT2D eigenvalue weighted by Crippen LogP contribution is 2.28. The number of amides is 1. The third-order valence-corrected chi connectivity index (χ3v) is 4.04. The Hall–Kier alpha value is -1.69. The van der Waals surface area contributed by atoms with Crippen LogP contribution < -0.4 is 5.32 Å². The molecule has 1 aliphatic rings. The van der Waals surface area contributed by atoms with E-state index in [0.29, 0.717) is 6.42 Å². The Labute approximate surface area is 144 Å². The lowest BCUT2D eigenvalue weighted by molar-refractivity contribution is -0.142. The Morgan fingerprint density at radius 1 is 1.29 bits per heavy atom. The predicted molar refractivity (Wildman–Crippen MR) is 96.2 cm³/mol. The molecule has 0 saturated heterocycles. The summed E-state index contributed by atoms with van der Waals surface area (Å²) in [6.45, 7) is 5.92. The molecular formula is C19H29N3O2. The van der Waals surface area contributed by atoms with Gasteiger partial charge in [-0.2, -0.15) is 0 Å². The van der Waals surface area contributed by atoms with Crippen LogP contribution in [-0.4, -0.2) is 52.7 Å². The number of carbonyl (C=O) groups excluding carboxylic acids is 1. The molecule has 0 spiro atoms. The molecule has 2 rings (SSSR count). The first kappa shape index (κ1) is 18.6. The van der Waals surface area contributed by atoms with Crippen molar-refractivity contribution in [3.05, 3.63) is 48.0 Å². The van der Waals surface area contributed by atoms with Crippen LogP contribution in [0, 0.1) is 0 Å². The predicted octanol–water partition coefficient (Wildman–Crippen LogP) is 2.11. The van der Waals surface area contributed by atoms with Crippen LogP contribution in [0.2, 0.25) is 0 Å². The molecule has 3 atom stereocenters. The van der Waals surface area contributed by atoms with Gasteiger partial charge in [0.25, 0.3) is 0 Å². The molecule has 24 heavy (non-hydrogen) atoms. The number of rotatable bonds is 4. The van der Waals surface area contributed by atoms with E-state index in [4.69, 9.17) is 0 Å². The number of hydrogen-bond acceptors (Lipinski definition) is 4. The number of benzene rings is 1. The minimum atomic E-state index is -0.699. The highest BCUT2D eigenvalue weighted by atomic mass is 16.3. The van der Waals surface area contributed by atoms with Crippen molar-refractivity contribution in [1.82, 2.24) is 15.3 Å². The minimum absolute atomic E-state index is 0.0224. The maximum Gasteiger partial charge on any atom is 0.239 e. The third kappa shape index (κ3) is 4.44. The Kier molecular flexibility index (Phi) is 5.80. The van der Waals surface area contributed by atoms with Crippen LogP contribution in [0.3, 0.4) is 0 Å². The van der Waals surface area contributed by atoms with Crippen molar-refractivity contribution in [3.63, 3.8) is 0 Å². The third-order valence-electron chi connectivity index (χ3n) is 4.04. The molecule has 1 aliphatic heterocycles. The van der Waals surface area contributed by atoms with E-state index in [1.165, 1.54) is 0 Å². The second-order valence-corrected chi connectivity index (χ2v) is 7.49. The van der Waals surface area contributed by atoms with E-state index < -0.39 is 6.10 Å². The largest absolute Gasteiger partial charge is 0.386 e. The number of aliphatic hydroxyl groups is 1. The molecule has 0 fully saturated rings. The molecule has 5 nitrogen and oxygen atoms in total. The highest BCUT2D eigenvalue weighted by molar-refractivity contribution is 5.82. The van der Waals surface area contributed by atoms with Crippen LogP contribution >= 0.6 is 0 Å². The van der Waals surface area contributed by atoms with Crippen LogP contribution in [0.15, 0.2) is 42.5 Å². The molecule has 0 aromatic heterocycles. The molecule has 0 aliphatic carbocycles. The van der Waals surface area contributed by atoms with Gasteiger partial charge in [-0.1, -0.05) is 42.5 Å². The number of hydrazine groups is 1. The standard InChI is InChI=1S/C19H29N3O2/c1-19(2,3)20-18(24)16-13-9-12-15(22(16)21(4)5)17(23)14-10-7-6-8-11-14/h6-12,15-17,23H,13H2,1-5H3,(H,20,24)/t15-,16+,17-/m0/s1. The first-order valence-corrected chi connectivity index (χ1v) is 8.38. The monoisotopic (exact) mass is 331 g/mol. The van der Waals surface area contributed by atoms with Crippen molar-refractivity contribution in [2.75, 3.05) is 14.1 Å². The van der Waals surface area contributed by atoms with Crippen LogP contribution in [0.5, 0.6) is 0 Å². The number of aliphatic hydroxyl groups excluding tert-OH is 1. The molecule has 1 aromatic rings. The van der Waals surface area contributed by atoms with Gasteiger partial charge in [-0.3, -0.25) is 4.79 Å². The summed E-state index contributed by atoms with van der Waals surface area (Å²) in [6.07, 6.45) is 3.90. The van der Waals surface area contributed by atoms with Crippen molar-refractivity contribution >= 4 is 5.91 Å². The minimum Gasteiger partial charge on any atom is -0.386 e. The molecule has 5 heteroatoms. The van der Waals surface area contributed by atoms with Crippen molar-refractivity contribution in [2.45, 2.75) is 50.9 Å². The number of hydrogen-bond donors (Lipinski definition) is 2. The smallest absolute Gasteiger partial charge is 0.239 e. The SMILES string of the molecule is CN(C)N1[C@@H](C(=O)NC(C)(C)C)CC=C[C@H]1[C@@H](O)c1ccccc1. The molecule has 2 N–H and O–H groups in total. The van der Waals surface area contributed by atoms with Gasteiger partial charge in [0.1, 0.15) is 6.04 Å². The van der Waals surface area contributed by atoms with Gasteiger partial charge >= 0.3 is 0 Å². The molecule has 0 bridgehead atoms. The summed E-state index contributed by atoms with van der Waals surface area (Å²) in [5.41, 5.74) is 0.555. The second kappa shape index (κ2) is 7.47. The Morgan fingerprint density at radius 2 is 1.92 bits per heavy atom. The summed E-state index contributed by atoms with van der Waals surface area (Å²) in [5.74, 6) is -0.0224.